The smallest absolute Gasteiger partial charge is 0.122 e. The van der Waals surface area contributed by atoms with Crippen LogP contribution >= 0.6 is 11.6 Å². The Balaban J connectivity index is 1.66. The molecule has 1 heterocycles. The summed E-state index contributed by atoms with van der Waals surface area (Å²) in [6, 6.07) is 14.6. The highest BCUT2D eigenvalue weighted by Crippen LogP contribution is 2.26. The Morgan fingerprint density at radius 1 is 1.25 bits per heavy atom. The zero-order chi connectivity index (χ0) is 13.9. The van der Waals surface area contributed by atoms with Crippen molar-refractivity contribution in [1.82, 2.24) is 5.32 Å². The number of hydrogen-bond acceptors (Lipinski definition) is 2. The van der Waals surface area contributed by atoms with Gasteiger partial charge in [-0.2, -0.15) is 0 Å². The second-order valence-corrected chi connectivity index (χ2v) is 5.57. The van der Waals surface area contributed by atoms with Crippen LogP contribution in [0.3, 0.4) is 0 Å². The molecule has 2 nitrogen and oxygen atoms in total. The van der Waals surface area contributed by atoms with E-state index in [1.165, 1.54) is 11.1 Å². The molecule has 0 radical (unpaired) electrons. The molecule has 0 aromatic heterocycles. The molecule has 3 heteroatoms. The second kappa shape index (κ2) is 5.86. The third kappa shape index (κ3) is 2.82. The lowest BCUT2D eigenvalue weighted by Gasteiger charge is -2.16. The maximum absolute atomic E-state index is 6.22. The van der Waals surface area contributed by atoms with E-state index in [0.717, 1.165) is 35.9 Å². The van der Waals surface area contributed by atoms with E-state index in [1.54, 1.807) is 0 Å². The lowest BCUT2D eigenvalue weighted by molar-refractivity contribution is 0.357. The first kappa shape index (κ1) is 13.5. The minimum absolute atomic E-state index is 0.230. The van der Waals surface area contributed by atoms with Crippen LogP contribution in [0.15, 0.2) is 42.5 Å². The molecule has 1 N–H and O–H groups in total. The third-order valence-electron chi connectivity index (χ3n) is 3.74. The van der Waals surface area contributed by atoms with E-state index >= 15 is 0 Å². The Hall–Kier alpha value is -1.51. The molecular formula is C17H18ClNO. The molecule has 0 amide bonds. The van der Waals surface area contributed by atoms with Gasteiger partial charge in [0.05, 0.1) is 6.61 Å². The molecule has 0 bridgehead atoms. The van der Waals surface area contributed by atoms with Gasteiger partial charge in [0.2, 0.25) is 0 Å². The Bertz CT molecular complexity index is 612. The Morgan fingerprint density at radius 3 is 2.95 bits per heavy atom. The number of fused-ring (bicyclic) bond motifs is 1. The number of benzene rings is 2. The van der Waals surface area contributed by atoms with Crippen LogP contribution in [0.5, 0.6) is 5.75 Å². The maximum atomic E-state index is 6.22. The van der Waals surface area contributed by atoms with Gasteiger partial charge in [-0.15, -0.1) is 0 Å². The van der Waals surface area contributed by atoms with Gasteiger partial charge in [-0.25, -0.2) is 0 Å². The number of hydrogen-bond donors (Lipinski definition) is 1. The fraction of sp³-hybridized carbons (Fsp3) is 0.294. The zero-order valence-corrected chi connectivity index (χ0v) is 12.3. The van der Waals surface area contributed by atoms with Crippen molar-refractivity contribution in [1.29, 1.82) is 0 Å². The Labute approximate surface area is 124 Å². The fourth-order valence-corrected chi connectivity index (χ4v) is 2.86. The van der Waals surface area contributed by atoms with E-state index in [2.05, 4.69) is 36.5 Å². The predicted molar refractivity (Wildman–Crippen MR) is 82.3 cm³/mol. The lowest BCUT2D eigenvalue weighted by Crippen LogP contribution is -2.18. The average Bonchev–Trinajstić information content (AvgIpc) is 2.92. The van der Waals surface area contributed by atoms with Crippen molar-refractivity contribution in [2.75, 3.05) is 6.61 Å². The fourth-order valence-electron chi connectivity index (χ4n) is 2.56. The third-order valence-corrected chi connectivity index (χ3v) is 4.08. The van der Waals surface area contributed by atoms with E-state index in [-0.39, 0.29) is 6.04 Å². The van der Waals surface area contributed by atoms with Gasteiger partial charge >= 0.3 is 0 Å². The zero-order valence-electron chi connectivity index (χ0n) is 11.5. The second-order valence-electron chi connectivity index (χ2n) is 5.16. The van der Waals surface area contributed by atoms with E-state index in [0.29, 0.717) is 0 Å². The van der Waals surface area contributed by atoms with E-state index < -0.39 is 0 Å². The summed E-state index contributed by atoms with van der Waals surface area (Å²) in [6.45, 7) is 3.78. The Kier molecular flexibility index (Phi) is 3.95. The monoisotopic (exact) mass is 287 g/mol. The van der Waals surface area contributed by atoms with E-state index in [9.17, 15) is 0 Å². The molecule has 2 aromatic carbocycles. The van der Waals surface area contributed by atoms with Crippen LogP contribution in [-0.2, 0) is 13.0 Å². The summed E-state index contributed by atoms with van der Waals surface area (Å²) in [6.07, 6.45) is 1.02. The summed E-state index contributed by atoms with van der Waals surface area (Å²) < 4.78 is 5.53. The minimum Gasteiger partial charge on any atom is -0.493 e. The van der Waals surface area contributed by atoms with Crippen molar-refractivity contribution in [3.05, 3.63) is 64.2 Å². The highest BCUT2D eigenvalue weighted by atomic mass is 35.5. The quantitative estimate of drug-likeness (QED) is 0.913. The highest BCUT2D eigenvalue weighted by molar-refractivity contribution is 6.31. The first-order valence-corrected chi connectivity index (χ1v) is 7.34. The van der Waals surface area contributed by atoms with Gasteiger partial charge in [0.15, 0.2) is 0 Å². The molecule has 0 saturated heterocycles. The van der Waals surface area contributed by atoms with Gasteiger partial charge in [-0.3, -0.25) is 0 Å². The highest BCUT2D eigenvalue weighted by Gasteiger charge is 2.13. The molecule has 1 atom stereocenters. The molecular weight excluding hydrogens is 270 g/mol. The molecule has 2 aromatic rings. The van der Waals surface area contributed by atoms with E-state index in [1.807, 2.05) is 18.2 Å². The van der Waals surface area contributed by atoms with Gasteiger partial charge < -0.3 is 10.1 Å². The average molecular weight is 288 g/mol. The molecule has 0 unspecified atom stereocenters. The summed E-state index contributed by atoms with van der Waals surface area (Å²) in [4.78, 5) is 0. The number of ether oxygens (including phenoxy) is 1. The van der Waals surface area contributed by atoms with Crippen molar-refractivity contribution in [2.45, 2.75) is 25.9 Å². The maximum Gasteiger partial charge on any atom is 0.122 e. The van der Waals surface area contributed by atoms with Crippen LogP contribution in [0.4, 0.5) is 0 Å². The summed E-state index contributed by atoms with van der Waals surface area (Å²) in [7, 11) is 0. The van der Waals surface area contributed by atoms with Crippen LogP contribution in [0, 0.1) is 0 Å². The predicted octanol–water partition coefficient (Wildman–Crippen LogP) is 4.13. The number of halogens is 1. The topological polar surface area (TPSA) is 21.3 Å². The van der Waals surface area contributed by atoms with Crippen molar-refractivity contribution in [3.63, 3.8) is 0 Å². The van der Waals surface area contributed by atoms with Crippen LogP contribution < -0.4 is 10.1 Å². The standard InChI is InChI=1S/C17H18ClNO/c1-12(15-4-2-3-5-16(15)18)19-11-13-6-7-17-14(10-13)8-9-20-17/h2-7,10,12,19H,8-9,11H2,1H3/t12-/m0/s1. The molecule has 0 fully saturated rings. The first-order valence-electron chi connectivity index (χ1n) is 6.96. The van der Waals surface area contributed by atoms with Gasteiger partial charge in [0, 0.05) is 24.0 Å². The summed E-state index contributed by atoms with van der Waals surface area (Å²) in [5.74, 6) is 1.04. The SMILES string of the molecule is C[C@H](NCc1ccc2c(c1)CCO2)c1ccccc1Cl. The summed E-state index contributed by atoms with van der Waals surface area (Å²) in [5.41, 5.74) is 3.74. The Morgan fingerprint density at radius 2 is 2.10 bits per heavy atom. The number of nitrogens with one attached hydrogen (secondary N) is 1. The summed E-state index contributed by atoms with van der Waals surface area (Å²) in [5, 5.41) is 4.34. The van der Waals surface area contributed by atoms with Crippen LogP contribution in [0.2, 0.25) is 5.02 Å². The molecule has 1 aliphatic heterocycles. The minimum atomic E-state index is 0.230. The van der Waals surface area contributed by atoms with Crippen LogP contribution in [-0.4, -0.2) is 6.61 Å². The molecule has 0 spiro atoms. The first-order chi connectivity index (χ1) is 9.74. The van der Waals surface area contributed by atoms with Gasteiger partial charge in [-0.1, -0.05) is 41.9 Å². The molecule has 0 aliphatic carbocycles. The molecule has 1 aliphatic rings. The molecule has 104 valence electrons. The molecule has 0 saturated carbocycles. The van der Waals surface area contributed by atoms with Crippen molar-refractivity contribution in [3.8, 4) is 5.75 Å². The van der Waals surface area contributed by atoms with Crippen LogP contribution in [0.25, 0.3) is 0 Å². The molecule has 20 heavy (non-hydrogen) atoms. The lowest BCUT2D eigenvalue weighted by atomic mass is 10.1. The van der Waals surface area contributed by atoms with Gasteiger partial charge in [-0.05, 0) is 35.7 Å². The van der Waals surface area contributed by atoms with Crippen molar-refractivity contribution in [2.24, 2.45) is 0 Å². The normalized spacial score (nSPS) is 14.7. The van der Waals surface area contributed by atoms with Gasteiger partial charge in [0.25, 0.3) is 0 Å². The summed E-state index contributed by atoms with van der Waals surface area (Å²) >= 11 is 6.22. The number of rotatable bonds is 4. The molecule has 3 rings (SSSR count). The van der Waals surface area contributed by atoms with Crippen molar-refractivity contribution < 1.29 is 4.74 Å². The van der Waals surface area contributed by atoms with Crippen LogP contribution in [0.1, 0.15) is 29.7 Å². The largest absolute Gasteiger partial charge is 0.493 e. The van der Waals surface area contributed by atoms with Crippen molar-refractivity contribution >= 4 is 11.6 Å². The van der Waals surface area contributed by atoms with E-state index in [4.69, 9.17) is 16.3 Å². The van der Waals surface area contributed by atoms with Gasteiger partial charge in [0.1, 0.15) is 5.75 Å².